The summed E-state index contributed by atoms with van der Waals surface area (Å²) in [6.45, 7) is 4.72. The summed E-state index contributed by atoms with van der Waals surface area (Å²) in [6, 6.07) is 19.4. The van der Waals surface area contributed by atoms with Crippen molar-refractivity contribution in [2.75, 3.05) is 6.61 Å². The Morgan fingerprint density at radius 1 is 1.09 bits per heavy atom. The van der Waals surface area contributed by atoms with Crippen molar-refractivity contribution in [3.8, 4) is 16.9 Å². The Hall–Kier alpha value is -3.02. The number of halogens is 2. The van der Waals surface area contributed by atoms with Crippen LogP contribution in [-0.4, -0.2) is 22.1 Å². The van der Waals surface area contributed by atoms with Gasteiger partial charge in [-0.2, -0.15) is 0 Å². The number of ether oxygens (including phenoxy) is 1. The number of benzene rings is 2. The number of carbonyl (C=O) groups is 1. The van der Waals surface area contributed by atoms with Gasteiger partial charge < -0.3 is 14.6 Å². The lowest BCUT2D eigenvalue weighted by Gasteiger charge is -2.27. The van der Waals surface area contributed by atoms with Crippen LogP contribution in [0.4, 0.5) is 0 Å². The minimum Gasteiger partial charge on any atom is -0.493 e. The van der Waals surface area contributed by atoms with Crippen LogP contribution in [0.5, 0.6) is 5.75 Å². The van der Waals surface area contributed by atoms with Crippen LogP contribution < -0.4 is 10.1 Å². The average Bonchev–Trinajstić information content (AvgIpc) is 3.19. The Morgan fingerprint density at radius 3 is 2.61 bits per heavy atom. The van der Waals surface area contributed by atoms with Gasteiger partial charge in [0.1, 0.15) is 21.7 Å². The Bertz CT molecular complexity index is 1340. The maximum atomic E-state index is 13.5. The number of pyridine rings is 1. The van der Waals surface area contributed by atoms with E-state index in [0.717, 1.165) is 39.8 Å². The van der Waals surface area contributed by atoms with Gasteiger partial charge in [0.2, 0.25) is 0 Å². The zero-order valence-corrected chi connectivity index (χ0v) is 19.8. The number of carbonyl (C=O) groups excluding carboxylic acids is 1. The second kappa shape index (κ2) is 8.73. The third kappa shape index (κ3) is 4.07. The van der Waals surface area contributed by atoms with Crippen LogP contribution in [0.3, 0.4) is 0 Å². The molecular formula is C26H23Cl2N3O2. The Balaban J connectivity index is 1.59. The highest BCUT2D eigenvalue weighted by atomic mass is 35.5. The molecule has 1 aliphatic heterocycles. The van der Waals surface area contributed by atoms with Crippen molar-refractivity contribution in [3.05, 3.63) is 82.2 Å². The second-order valence-corrected chi connectivity index (χ2v) is 9.21. The number of rotatable bonds is 4. The minimum atomic E-state index is -0.113. The molecular weight excluding hydrogens is 457 g/mol. The Morgan fingerprint density at radius 2 is 1.85 bits per heavy atom. The monoisotopic (exact) mass is 479 g/mol. The number of nitrogens with one attached hydrogen (secondary N) is 1. The first-order chi connectivity index (χ1) is 15.9. The Kier molecular flexibility index (Phi) is 5.77. The topological polar surface area (TPSA) is 56.2 Å². The maximum Gasteiger partial charge on any atom is 0.268 e. The van der Waals surface area contributed by atoms with E-state index >= 15 is 0 Å². The fraction of sp³-hybridized carbons (Fsp3) is 0.231. The van der Waals surface area contributed by atoms with Crippen molar-refractivity contribution in [2.45, 2.75) is 32.4 Å². The first-order valence-electron chi connectivity index (χ1n) is 10.9. The molecule has 2 aromatic heterocycles. The number of fused-ring (bicyclic) bond motifs is 2. The number of hydrogen-bond donors (Lipinski definition) is 1. The lowest BCUT2D eigenvalue weighted by atomic mass is 10.0. The van der Waals surface area contributed by atoms with Gasteiger partial charge in [0.25, 0.3) is 5.91 Å². The van der Waals surface area contributed by atoms with Gasteiger partial charge in [0, 0.05) is 28.9 Å². The quantitative estimate of drug-likeness (QED) is 0.325. The van der Waals surface area contributed by atoms with Crippen molar-refractivity contribution in [2.24, 2.45) is 0 Å². The summed E-state index contributed by atoms with van der Waals surface area (Å²) in [7, 11) is 0. The van der Waals surface area contributed by atoms with Crippen LogP contribution in [-0.2, 0) is 0 Å². The highest BCUT2D eigenvalue weighted by Crippen LogP contribution is 2.36. The molecule has 168 valence electrons. The highest BCUT2D eigenvalue weighted by molar-refractivity contribution is 6.33. The number of hydrogen-bond acceptors (Lipinski definition) is 3. The van der Waals surface area contributed by atoms with Crippen LogP contribution >= 0.6 is 23.2 Å². The summed E-state index contributed by atoms with van der Waals surface area (Å²) in [5.74, 6) is 0.713. The van der Waals surface area contributed by atoms with E-state index in [2.05, 4.69) is 28.7 Å². The molecule has 4 aromatic rings. The lowest BCUT2D eigenvalue weighted by Crippen LogP contribution is -2.33. The number of aromatic nitrogens is 2. The zero-order valence-electron chi connectivity index (χ0n) is 18.3. The largest absolute Gasteiger partial charge is 0.493 e. The second-order valence-electron chi connectivity index (χ2n) is 8.43. The van der Waals surface area contributed by atoms with Gasteiger partial charge in [-0.1, -0.05) is 53.5 Å². The van der Waals surface area contributed by atoms with Gasteiger partial charge in [-0.05, 0) is 55.3 Å². The van der Waals surface area contributed by atoms with Crippen LogP contribution in [0.15, 0.2) is 60.7 Å². The predicted octanol–water partition coefficient (Wildman–Crippen LogP) is 6.84. The van der Waals surface area contributed by atoms with Crippen LogP contribution in [0.2, 0.25) is 10.3 Å². The molecule has 33 heavy (non-hydrogen) atoms. The standard InChI is InChI=1S/C26H23Cl2N3O2/c1-15(2)31-21-8-5-7-17(16-12-24(27)30-25(28)13-16)19(21)14-22(31)26(32)29-20-10-11-33-23-9-4-3-6-18(20)23/h3-9,12-15,20H,10-11H2,1-2H3,(H,29,32)/t20-/m0/s1. The molecule has 0 saturated heterocycles. The number of para-hydroxylation sites is 1. The SMILES string of the molecule is CC(C)n1c(C(=O)N[C@H]2CCOc3ccccc32)cc2c(-c3cc(Cl)nc(Cl)c3)cccc21. The molecule has 0 spiro atoms. The predicted molar refractivity (Wildman–Crippen MR) is 132 cm³/mol. The number of amides is 1. The van der Waals surface area contributed by atoms with E-state index in [9.17, 15) is 4.79 Å². The van der Waals surface area contributed by atoms with Crippen LogP contribution in [0.25, 0.3) is 22.0 Å². The van der Waals surface area contributed by atoms with Gasteiger partial charge in [0.15, 0.2) is 0 Å². The molecule has 0 fully saturated rings. The van der Waals surface area contributed by atoms with E-state index in [4.69, 9.17) is 27.9 Å². The van der Waals surface area contributed by atoms with Gasteiger partial charge in [-0.3, -0.25) is 4.79 Å². The normalized spacial score (nSPS) is 15.4. The van der Waals surface area contributed by atoms with E-state index in [-0.39, 0.29) is 18.0 Å². The molecule has 5 rings (SSSR count). The smallest absolute Gasteiger partial charge is 0.268 e. The van der Waals surface area contributed by atoms with Crippen LogP contribution in [0, 0.1) is 0 Å². The summed E-state index contributed by atoms with van der Waals surface area (Å²) in [5, 5.41) is 4.85. The molecule has 1 atom stereocenters. The van der Waals surface area contributed by atoms with E-state index in [1.165, 1.54) is 0 Å². The molecule has 2 aromatic carbocycles. The van der Waals surface area contributed by atoms with E-state index < -0.39 is 0 Å². The van der Waals surface area contributed by atoms with E-state index in [1.54, 1.807) is 12.1 Å². The molecule has 1 N–H and O–H groups in total. The van der Waals surface area contributed by atoms with Gasteiger partial charge in [0.05, 0.1) is 12.6 Å². The molecule has 0 radical (unpaired) electrons. The third-order valence-corrected chi connectivity index (χ3v) is 6.36. The maximum absolute atomic E-state index is 13.5. The van der Waals surface area contributed by atoms with Crippen molar-refractivity contribution < 1.29 is 9.53 Å². The molecule has 1 amide bonds. The van der Waals surface area contributed by atoms with E-state index in [0.29, 0.717) is 22.6 Å². The average molecular weight is 480 g/mol. The summed E-state index contributed by atoms with van der Waals surface area (Å²) in [4.78, 5) is 17.6. The van der Waals surface area contributed by atoms with E-state index in [1.807, 2.05) is 48.5 Å². The lowest BCUT2D eigenvalue weighted by molar-refractivity contribution is 0.0914. The Labute approximate surface area is 202 Å². The summed E-state index contributed by atoms with van der Waals surface area (Å²) < 4.78 is 7.82. The van der Waals surface area contributed by atoms with Gasteiger partial charge in [-0.25, -0.2) is 4.98 Å². The summed E-state index contributed by atoms with van der Waals surface area (Å²) >= 11 is 12.3. The molecule has 1 aliphatic rings. The first kappa shape index (κ1) is 21.8. The molecule has 0 saturated carbocycles. The van der Waals surface area contributed by atoms with Crippen molar-refractivity contribution in [1.29, 1.82) is 0 Å². The fourth-order valence-corrected chi connectivity index (χ4v) is 5.04. The van der Waals surface area contributed by atoms with Crippen molar-refractivity contribution in [3.63, 3.8) is 0 Å². The summed E-state index contributed by atoms with van der Waals surface area (Å²) in [5.41, 5.74) is 4.40. The van der Waals surface area contributed by atoms with Gasteiger partial charge in [-0.15, -0.1) is 0 Å². The molecule has 5 nitrogen and oxygen atoms in total. The first-order valence-corrected chi connectivity index (χ1v) is 11.7. The number of nitrogens with zero attached hydrogens (tertiary/aromatic N) is 2. The van der Waals surface area contributed by atoms with Crippen molar-refractivity contribution >= 4 is 40.0 Å². The van der Waals surface area contributed by atoms with Crippen molar-refractivity contribution in [1.82, 2.24) is 14.9 Å². The highest BCUT2D eigenvalue weighted by Gasteiger charge is 2.26. The van der Waals surface area contributed by atoms with Crippen LogP contribution in [0.1, 0.15) is 48.4 Å². The zero-order chi connectivity index (χ0) is 23.1. The summed E-state index contributed by atoms with van der Waals surface area (Å²) in [6.07, 6.45) is 0.726. The molecule has 7 heteroatoms. The molecule has 0 unspecified atom stereocenters. The minimum absolute atomic E-state index is 0.0880. The molecule has 0 bridgehead atoms. The third-order valence-electron chi connectivity index (χ3n) is 5.97. The van der Waals surface area contributed by atoms with Gasteiger partial charge >= 0.3 is 0 Å². The molecule has 0 aliphatic carbocycles. The fourth-order valence-electron chi connectivity index (χ4n) is 4.58. The molecule has 3 heterocycles.